The second-order valence-electron chi connectivity index (χ2n) is 6.95. The van der Waals surface area contributed by atoms with Gasteiger partial charge in [-0.1, -0.05) is 0 Å². The lowest BCUT2D eigenvalue weighted by Crippen LogP contribution is -2.46. The molecule has 3 rings (SSSR count). The van der Waals surface area contributed by atoms with Crippen LogP contribution in [0.15, 0.2) is 11.6 Å². The van der Waals surface area contributed by atoms with Crippen LogP contribution in [0.5, 0.6) is 0 Å². The first-order chi connectivity index (χ1) is 10.7. The lowest BCUT2D eigenvalue weighted by molar-refractivity contribution is -0.0693. The van der Waals surface area contributed by atoms with Crippen LogP contribution < -0.4 is 0 Å². The van der Waals surface area contributed by atoms with Gasteiger partial charge in [0.15, 0.2) is 0 Å². The van der Waals surface area contributed by atoms with Crippen LogP contribution in [0.1, 0.15) is 38.1 Å². The average Bonchev–Trinajstić information content (AvgIpc) is 2.98. The van der Waals surface area contributed by atoms with E-state index in [-0.39, 0.29) is 0 Å². The van der Waals surface area contributed by atoms with Crippen molar-refractivity contribution in [2.24, 2.45) is 5.92 Å². The predicted octanol–water partition coefficient (Wildman–Crippen LogP) is 2.85. The Kier molecular flexibility index (Phi) is 5.85. The number of aromatic nitrogens is 1. The maximum atomic E-state index is 5.82. The molecule has 0 bridgehead atoms. The number of rotatable bonds is 5. The lowest BCUT2D eigenvalue weighted by atomic mass is 9.93. The molecule has 1 aromatic heterocycles. The van der Waals surface area contributed by atoms with Crippen molar-refractivity contribution in [3.63, 3.8) is 0 Å². The van der Waals surface area contributed by atoms with Gasteiger partial charge < -0.3 is 4.74 Å². The van der Waals surface area contributed by atoms with Crippen LogP contribution in [0.2, 0.25) is 0 Å². The highest BCUT2D eigenvalue weighted by Gasteiger charge is 2.24. The van der Waals surface area contributed by atoms with Crippen molar-refractivity contribution in [1.82, 2.24) is 14.8 Å². The summed E-state index contributed by atoms with van der Waals surface area (Å²) < 4.78 is 5.82. The summed E-state index contributed by atoms with van der Waals surface area (Å²) in [6, 6.07) is 0. The van der Waals surface area contributed by atoms with Crippen LogP contribution in [0.3, 0.4) is 0 Å². The molecule has 3 heterocycles. The van der Waals surface area contributed by atoms with Crippen LogP contribution in [-0.2, 0) is 11.3 Å². The molecular formula is C17H29N3OS. The molecule has 124 valence electrons. The maximum absolute atomic E-state index is 5.82. The Morgan fingerprint density at radius 1 is 1.18 bits per heavy atom. The fraction of sp³-hybridized carbons (Fsp3) is 0.824. The first-order valence-corrected chi connectivity index (χ1v) is 9.55. The number of likely N-dealkylation sites (tertiary alicyclic amines) is 1. The number of hydrogen-bond acceptors (Lipinski definition) is 5. The number of ether oxygens (including phenoxy) is 1. The molecular weight excluding hydrogens is 294 g/mol. The van der Waals surface area contributed by atoms with Crippen LogP contribution in [0.4, 0.5) is 0 Å². The summed E-state index contributed by atoms with van der Waals surface area (Å²) in [6.45, 7) is 11.4. The Bertz CT molecular complexity index is 421. The predicted molar refractivity (Wildman–Crippen MR) is 91.2 cm³/mol. The van der Waals surface area contributed by atoms with E-state index in [9.17, 15) is 0 Å². The normalized spacial score (nSPS) is 29.0. The van der Waals surface area contributed by atoms with Crippen molar-refractivity contribution in [3.05, 3.63) is 16.6 Å². The number of piperidine rings is 1. The van der Waals surface area contributed by atoms with E-state index < -0.39 is 0 Å². The van der Waals surface area contributed by atoms with E-state index in [0.29, 0.717) is 12.2 Å². The first-order valence-electron chi connectivity index (χ1n) is 8.67. The molecule has 0 radical (unpaired) electrons. The zero-order valence-corrected chi connectivity index (χ0v) is 14.7. The molecule has 2 atom stereocenters. The Hall–Kier alpha value is -0.490. The fourth-order valence-corrected chi connectivity index (χ4v) is 4.45. The molecule has 0 aliphatic carbocycles. The monoisotopic (exact) mass is 323 g/mol. The van der Waals surface area contributed by atoms with E-state index in [4.69, 9.17) is 4.74 Å². The van der Waals surface area contributed by atoms with Gasteiger partial charge in [-0.15, -0.1) is 11.3 Å². The minimum absolute atomic E-state index is 0.392. The Morgan fingerprint density at radius 3 is 2.55 bits per heavy atom. The quantitative estimate of drug-likeness (QED) is 0.833. The largest absolute Gasteiger partial charge is 0.373 e. The third-order valence-electron chi connectivity index (χ3n) is 4.90. The smallest absolute Gasteiger partial charge is 0.107 e. The minimum atomic E-state index is 0.392. The molecule has 0 unspecified atom stereocenters. The summed E-state index contributed by atoms with van der Waals surface area (Å²) in [7, 11) is 0. The first kappa shape index (κ1) is 16.4. The van der Waals surface area contributed by atoms with Gasteiger partial charge in [0.25, 0.3) is 0 Å². The third kappa shape index (κ3) is 4.75. The average molecular weight is 324 g/mol. The highest BCUT2D eigenvalue weighted by molar-refractivity contribution is 7.09. The molecule has 0 aromatic carbocycles. The Balaban J connectivity index is 1.35. The number of hydrogen-bond donors (Lipinski definition) is 0. The molecule has 0 spiro atoms. The molecule has 1 aromatic rings. The van der Waals surface area contributed by atoms with Crippen LogP contribution in [-0.4, -0.2) is 59.7 Å². The summed E-state index contributed by atoms with van der Waals surface area (Å²) in [5, 5.41) is 3.33. The van der Waals surface area contributed by atoms with Crippen molar-refractivity contribution in [2.75, 3.05) is 32.7 Å². The van der Waals surface area contributed by atoms with E-state index in [2.05, 4.69) is 34.0 Å². The topological polar surface area (TPSA) is 28.6 Å². The van der Waals surface area contributed by atoms with Crippen molar-refractivity contribution in [1.29, 1.82) is 0 Å². The van der Waals surface area contributed by atoms with Crippen molar-refractivity contribution >= 4 is 11.3 Å². The van der Waals surface area contributed by atoms with Gasteiger partial charge in [0.1, 0.15) is 5.01 Å². The number of nitrogens with zero attached hydrogens (tertiary/aromatic N) is 3. The molecule has 0 saturated carbocycles. The van der Waals surface area contributed by atoms with Crippen LogP contribution >= 0.6 is 11.3 Å². The van der Waals surface area contributed by atoms with Crippen LogP contribution in [0.25, 0.3) is 0 Å². The summed E-state index contributed by atoms with van der Waals surface area (Å²) in [6.07, 6.45) is 6.75. The van der Waals surface area contributed by atoms with E-state index in [1.807, 2.05) is 6.20 Å². The van der Waals surface area contributed by atoms with Gasteiger partial charge in [-0.25, -0.2) is 4.98 Å². The SMILES string of the molecule is C[C@@H]1CN(CCC2CCN(Cc3nccs3)CC2)C[C@H](C)O1. The van der Waals surface area contributed by atoms with Gasteiger partial charge in [0.2, 0.25) is 0 Å². The highest BCUT2D eigenvalue weighted by atomic mass is 32.1. The fourth-order valence-electron chi connectivity index (χ4n) is 3.79. The van der Waals surface area contributed by atoms with Gasteiger partial charge >= 0.3 is 0 Å². The van der Waals surface area contributed by atoms with Crippen molar-refractivity contribution < 1.29 is 4.74 Å². The van der Waals surface area contributed by atoms with E-state index in [1.165, 1.54) is 43.9 Å². The second-order valence-corrected chi connectivity index (χ2v) is 7.93. The lowest BCUT2D eigenvalue weighted by Gasteiger charge is -2.37. The van der Waals surface area contributed by atoms with Gasteiger partial charge in [-0.2, -0.15) is 0 Å². The van der Waals surface area contributed by atoms with Gasteiger partial charge in [0.05, 0.1) is 18.8 Å². The standard InChI is InChI=1S/C17H29N3OS/c1-14-11-20(12-15(2)21-14)9-5-16-3-7-19(8-4-16)13-17-18-6-10-22-17/h6,10,14-16H,3-5,7-9,11-13H2,1-2H3/t14-,15+. The summed E-state index contributed by atoms with van der Waals surface area (Å²) in [4.78, 5) is 9.56. The summed E-state index contributed by atoms with van der Waals surface area (Å²) in [5.41, 5.74) is 0. The maximum Gasteiger partial charge on any atom is 0.107 e. The molecule has 2 fully saturated rings. The zero-order chi connectivity index (χ0) is 15.4. The third-order valence-corrected chi connectivity index (χ3v) is 5.66. The van der Waals surface area contributed by atoms with Gasteiger partial charge in [-0.05, 0) is 58.7 Å². The minimum Gasteiger partial charge on any atom is -0.373 e. The molecule has 2 aliphatic heterocycles. The second kappa shape index (κ2) is 7.86. The number of thiazole rings is 1. The highest BCUT2D eigenvalue weighted by Crippen LogP contribution is 2.23. The zero-order valence-electron chi connectivity index (χ0n) is 13.9. The van der Waals surface area contributed by atoms with E-state index in [0.717, 1.165) is 25.6 Å². The van der Waals surface area contributed by atoms with Crippen molar-refractivity contribution in [2.45, 2.75) is 51.9 Å². The van der Waals surface area contributed by atoms with Gasteiger partial charge in [0, 0.05) is 24.7 Å². The molecule has 2 saturated heterocycles. The molecule has 0 amide bonds. The van der Waals surface area contributed by atoms with Crippen molar-refractivity contribution in [3.8, 4) is 0 Å². The Morgan fingerprint density at radius 2 is 1.91 bits per heavy atom. The van der Waals surface area contributed by atoms with E-state index in [1.54, 1.807) is 11.3 Å². The number of morpholine rings is 1. The molecule has 5 heteroatoms. The molecule has 0 N–H and O–H groups in total. The molecule has 22 heavy (non-hydrogen) atoms. The molecule has 2 aliphatic rings. The summed E-state index contributed by atoms with van der Waals surface area (Å²) in [5.74, 6) is 0.904. The summed E-state index contributed by atoms with van der Waals surface area (Å²) >= 11 is 1.78. The van der Waals surface area contributed by atoms with Gasteiger partial charge in [-0.3, -0.25) is 9.80 Å². The van der Waals surface area contributed by atoms with E-state index >= 15 is 0 Å². The van der Waals surface area contributed by atoms with Crippen LogP contribution in [0, 0.1) is 5.92 Å². The molecule has 4 nitrogen and oxygen atoms in total. The Labute approximate surface area is 138 Å².